The van der Waals surface area contributed by atoms with Crippen LogP contribution >= 0.6 is 0 Å². The van der Waals surface area contributed by atoms with Gasteiger partial charge in [0.05, 0.1) is 12.2 Å². The molecule has 0 aromatic carbocycles. The van der Waals surface area contributed by atoms with Crippen molar-refractivity contribution >= 4 is 11.7 Å². The number of rotatable bonds is 7. The van der Waals surface area contributed by atoms with Gasteiger partial charge in [-0.25, -0.2) is 0 Å². The second-order valence-electron chi connectivity index (χ2n) is 7.97. The molecule has 2 heterocycles. The Kier molecular flexibility index (Phi) is 4.88. The van der Waals surface area contributed by atoms with Crippen molar-refractivity contribution in [3.05, 3.63) is 17.8 Å². The lowest BCUT2D eigenvalue weighted by molar-refractivity contribution is -0.121. The molecule has 2 aliphatic carbocycles. The van der Waals surface area contributed by atoms with E-state index >= 15 is 0 Å². The molecular formula is C19H29N5O. The second kappa shape index (κ2) is 7.28. The second-order valence-corrected chi connectivity index (χ2v) is 7.97. The van der Waals surface area contributed by atoms with Crippen molar-refractivity contribution in [3.63, 3.8) is 0 Å². The summed E-state index contributed by atoms with van der Waals surface area (Å²) in [5, 5.41) is 15.2. The number of nitrogens with zero attached hydrogens (tertiary/aromatic N) is 3. The van der Waals surface area contributed by atoms with Crippen LogP contribution in [0.4, 0.5) is 5.82 Å². The first-order valence-corrected chi connectivity index (χ1v) is 9.77. The summed E-state index contributed by atoms with van der Waals surface area (Å²) in [6.45, 7) is 4.27. The quantitative estimate of drug-likeness (QED) is 0.788. The van der Waals surface area contributed by atoms with Crippen LogP contribution in [0.15, 0.2) is 12.1 Å². The maximum absolute atomic E-state index is 12.3. The number of carbonyl (C=O) groups is 1. The summed E-state index contributed by atoms with van der Waals surface area (Å²) in [5.41, 5.74) is 0.938. The molecule has 0 bridgehead atoms. The Morgan fingerprint density at radius 3 is 2.60 bits per heavy atom. The Bertz CT molecular complexity index is 584. The molecule has 1 amide bonds. The van der Waals surface area contributed by atoms with Crippen LogP contribution in [-0.4, -0.2) is 47.8 Å². The van der Waals surface area contributed by atoms with Gasteiger partial charge in [0.15, 0.2) is 5.82 Å². The van der Waals surface area contributed by atoms with E-state index in [-0.39, 0.29) is 5.91 Å². The Labute approximate surface area is 149 Å². The van der Waals surface area contributed by atoms with Gasteiger partial charge < -0.3 is 15.5 Å². The topological polar surface area (TPSA) is 70.2 Å². The van der Waals surface area contributed by atoms with E-state index in [1.54, 1.807) is 0 Å². The molecule has 2 N–H and O–H groups in total. The number of carbonyl (C=O) groups excluding carboxylic acids is 1. The molecular weight excluding hydrogens is 314 g/mol. The molecule has 6 heteroatoms. The van der Waals surface area contributed by atoms with E-state index in [9.17, 15) is 4.79 Å². The summed E-state index contributed by atoms with van der Waals surface area (Å²) in [6, 6.07) is 4.82. The molecule has 25 heavy (non-hydrogen) atoms. The molecule has 136 valence electrons. The van der Waals surface area contributed by atoms with Crippen LogP contribution in [0.2, 0.25) is 0 Å². The lowest BCUT2D eigenvalue weighted by atomic mass is 10.1. The third kappa shape index (κ3) is 4.48. The van der Waals surface area contributed by atoms with E-state index in [0.29, 0.717) is 18.6 Å². The first-order chi connectivity index (χ1) is 12.2. The third-order valence-electron chi connectivity index (χ3n) is 5.67. The fraction of sp³-hybridized carbons (Fsp3) is 0.737. The fourth-order valence-electron chi connectivity index (χ4n) is 3.92. The van der Waals surface area contributed by atoms with Crippen molar-refractivity contribution in [2.45, 2.75) is 57.5 Å². The van der Waals surface area contributed by atoms with Crippen molar-refractivity contribution < 1.29 is 4.79 Å². The van der Waals surface area contributed by atoms with Gasteiger partial charge in [-0.1, -0.05) is 0 Å². The number of hydrogen-bond donors (Lipinski definition) is 2. The number of aromatic nitrogens is 2. The molecule has 1 aromatic heterocycles. The number of hydrogen-bond acceptors (Lipinski definition) is 5. The van der Waals surface area contributed by atoms with Crippen LogP contribution in [0.5, 0.6) is 0 Å². The van der Waals surface area contributed by atoms with Crippen LogP contribution in [0.3, 0.4) is 0 Å². The van der Waals surface area contributed by atoms with E-state index < -0.39 is 0 Å². The van der Waals surface area contributed by atoms with Gasteiger partial charge in [0.25, 0.3) is 0 Å². The highest BCUT2D eigenvalue weighted by molar-refractivity contribution is 5.78. The lowest BCUT2D eigenvalue weighted by Crippen LogP contribution is -2.50. The van der Waals surface area contributed by atoms with E-state index in [4.69, 9.17) is 0 Å². The molecule has 1 saturated heterocycles. The zero-order valence-corrected chi connectivity index (χ0v) is 15.1. The number of piperidine rings is 1. The van der Waals surface area contributed by atoms with Crippen molar-refractivity contribution in [3.8, 4) is 0 Å². The minimum atomic E-state index is 0.163. The molecule has 1 atom stereocenters. The summed E-state index contributed by atoms with van der Waals surface area (Å²) >= 11 is 0. The first kappa shape index (κ1) is 16.8. The smallest absolute Gasteiger partial charge is 0.234 e. The van der Waals surface area contributed by atoms with Crippen molar-refractivity contribution in [2.24, 2.45) is 11.8 Å². The van der Waals surface area contributed by atoms with Crippen LogP contribution in [0.1, 0.15) is 44.2 Å². The van der Waals surface area contributed by atoms with Gasteiger partial charge in [-0.15, -0.1) is 5.10 Å². The zero-order chi connectivity index (χ0) is 17.2. The molecule has 1 aliphatic heterocycles. The van der Waals surface area contributed by atoms with Gasteiger partial charge in [-0.2, -0.15) is 5.10 Å². The van der Waals surface area contributed by atoms with Crippen LogP contribution < -0.4 is 15.5 Å². The Hall–Kier alpha value is -1.69. The maximum atomic E-state index is 12.3. The normalized spacial score (nSPS) is 23.8. The number of aryl methyl sites for hydroxylation is 1. The molecule has 4 rings (SSSR count). The molecule has 3 fully saturated rings. The summed E-state index contributed by atoms with van der Waals surface area (Å²) in [7, 11) is 0. The van der Waals surface area contributed by atoms with Crippen LogP contribution in [0.25, 0.3) is 0 Å². The zero-order valence-electron chi connectivity index (χ0n) is 15.1. The van der Waals surface area contributed by atoms with E-state index in [2.05, 4.69) is 25.7 Å². The molecule has 0 radical (unpaired) electrons. The number of nitrogens with one attached hydrogen (secondary N) is 2. The highest BCUT2D eigenvalue weighted by atomic mass is 16.2. The average Bonchev–Trinajstić information content (AvgIpc) is 3.52. The summed E-state index contributed by atoms with van der Waals surface area (Å²) in [6.07, 6.45) is 7.40. The predicted molar refractivity (Wildman–Crippen MR) is 97.4 cm³/mol. The van der Waals surface area contributed by atoms with E-state index in [0.717, 1.165) is 49.3 Å². The summed E-state index contributed by atoms with van der Waals surface area (Å²) in [5.74, 6) is 2.60. The van der Waals surface area contributed by atoms with Gasteiger partial charge in [-0.05, 0) is 69.4 Å². The van der Waals surface area contributed by atoms with Gasteiger partial charge in [0.1, 0.15) is 0 Å². The minimum Gasteiger partial charge on any atom is -0.354 e. The molecule has 1 aromatic rings. The van der Waals surface area contributed by atoms with E-state index in [1.165, 1.54) is 25.7 Å². The lowest BCUT2D eigenvalue weighted by Gasteiger charge is -2.33. The molecule has 2 saturated carbocycles. The van der Waals surface area contributed by atoms with Crippen molar-refractivity contribution in [1.82, 2.24) is 20.8 Å². The van der Waals surface area contributed by atoms with Gasteiger partial charge >= 0.3 is 0 Å². The molecule has 6 nitrogen and oxygen atoms in total. The highest BCUT2D eigenvalue weighted by Gasteiger charge is 2.42. The number of anilines is 1. The molecule has 3 aliphatic rings. The van der Waals surface area contributed by atoms with Crippen LogP contribution in [0, 0.1) is 18.8 Å². The maximum Gasteiger partial charge on any atom is 0.234 e. The Balaban J connectivity index is 1.24. The summed E-state index contributed by atoms with van der Waals surface area (Å²) in [4.78, 5) is 14.6. The Morgan fingerprint density at radius 1 is 1.20 bits per heavy atom. The summed E-state index contributed by atoms with van der Waals surface area (Å²) < 4.78 is 0. The minimum absolute atomic E-state index is 0.163. The van der Waals surface area contributed by atoms with Crippen molar-refractivity contribution in [1.29, 1.82) is 0 Å². The largest absolute Gasteiger partial charge is 0.354 e. The predicted octanol–water partition coefficient (Wildman–Crippen LogP) is 1.65. The van der Waals surface area contributed by atoms with Gasteiger partial charge in [-0.3, -0.25) is 4.79 Å². The molecule has 0 unspecified atom stereocenters. The number of amides is 1. The third-order valence-corrected chi connectivity index (χ3v) is 5.67. The van der Waals surface area contributed by atoms with Crippen molar-refractivity contribution in [2.75, 3.05) is 24.5 Å². The van der Waals surface area contributed by atoms with Crippen LogP contribution in [-0.2, 0) is 4.79 Å². The standard InChI is InChI=1S/C19H29N5O/c1-13-4-9-17(23-22-13)24-10-2-3-16(12-24)20-11-18(25)21-19(14-5-6-14)15-7-8-15/h4,9,14-16,19-20H,2-3,5-8,10-12H2,1H3,(H,21,25)/t16-/m1/s1. The van der Waals surface area contributed by atoms with E-state index in [1.807, 2.05) is 19.1 Å². The first-order valence-electron chi connectivity index (χ1n) is 9.77. The molecule has 0 spiro atoms. The SMILES string of the molecule is Cc1ccc(N2CCC[C@@H](NCC(=O)NC(C3CC3)C3CC3)C2)nn1. The average molecular weight is 343 g/mol. The Morgan fingerprint density at radius 2 is 1.96 bits per heavy atom. The van der Waals surface area contributed by atoms with Gasteiger partial charge in [0.2, 0.25) is 5.91 Å². The highest BCUT2D eigenvalue weighted by Crippen LogP contribution is 2.44. The monoisotopic (exact) mass is 343 g/mol. The fourth-order valence-corrected chi connectivity index (χ4v) is 3.92. The van der Waals surface area contributed by atoms with Gasteiger partial charge in [0, 0.05) is 25.2 Å².